The molecular formula is C17H23NO3. The molecule has 21 heavy (non-hydrogen) atoms. The Balaban J connectivity index is 2.45. The second kappa shape index (κ2) is 8.25. The maximum atomic E-state index is 11.6. The van der Waals surface area contributed by atoms with Crippen LogP contribution in [0.15, 0.2) is 30.3 Å². The van der Waals surface area contributed by atoms with Crippen molar-refractivity contribution in [2.75, 3.05) is 6.54 Å². The van der Waals surface area contributed by atoms with Crippen LogP contribution in [-0.2, 0) is 14.3 Å². The molecule has 0 aliphatic rings. The predicted molar refractivity (Wildman–Crippen MR) is 83.8 cm³/mol. The summed E-state index contributed by atoms with van der Waals surface area (Å²) in [6.07, 6.45) is 2.95. The summed E-state index contributed by atoms with van der Waals surface area (Å²) >= 11 is 0. The van der Waals surface area contributed by atoms with Gasteiger partial charge < -0.3 is 10.1 Å². The first-order valence-corrected chi connectivity index (χ1v) is 7.14. The maximum absolute atomic E-state index is 11.6. The number of carbonyl (C=O) groups is 2. The number of carbonyl (C=O) groups excluding carboxylic acids is 2. The summed E-state index contributed by atoms with van der Waals surface area (Å²) < 4.78 is 4.92. The molecule has 0 aliphatic carbocycles. The maximum Gasteiger partial charge on any atom is 0.325 e. The molecule has 0 atom stereocenters. The van der Waals surface area contributed by atoms with Crippen molar-refractivity contribution in [3.05, 3.63) is 41.5 Å². The minimum absolute atomic E-state index is 0.117. The van der Waals surface area contributed by atoms with E-state index in [9.17, 15) is 9.59 Å². The van der Waals surface area contributed by atoms with Crippen molar-refractivity contribution in [3.8, 4) is 0 Å². The van der Waals surface area contributed by atoms with Crippen molar-refractivity contribution in [2.24, 2.45) is 0 Å². The summed E-state index contributed by atoms with van der Waals surface area (Å²) in [6, 6.07) is 8.02. The SMILES string of the molecule is CC(C)OC(=O)CNC(=O)/C=C/c1ccc(C(C)C)cc1. The molecule has 0 spiro atoms. The van der Waals surface area contributed by atoms with Gasteiger partial charge in [-0.15, -0.1) is 0 Å². The molecule has 1 aromatic rings. The molecule has 1 N–H and O–H groups in total. The standard InChI is InChI=1S/C17H23NO3/c1-12(2)15-8-5-14(6-9-15)7-10-16(19)18-11-17(20)21-13(3)4/h5-10,12-13H,11H2,1-4H3,(H,18,19)/b10-7+. The van der Waals surface area contributed by atoms with E-state index in [2.05, 4.69) is 19.2 Å². The first kappa shape index (κ1) is 17.0. The van der Waals surface area contributed by atoms with Crippen molar-refractivity contribution in [1.82, 2.24) is 5.32 Å². The van der Waals surface area contributed by atoms with Gasteiger partial charge in [0.1, 0.15) is 6.54 Å². The topological polar surface area (TPSA) is 55.4 Å². The van der Waals surface area contributed by atoms with Gasteiger partial charge in [-0.1, -0.05) is 38.1 Å². The van der Waals surface area contributed by atoms with Gasteiger partial charge in [-0.05, 0) is 37.0 Å². The van der Waals surface area contributed by atoms with E-state index in [1.807, 2.05) is 24.3 Å². The van der Waals surface area contributed by atoms with E-state index in [0.717, 1.165) is 5.56 Å². The summed E-state index contributed by atoms with van der Waals surface area (Å²) in [5.74, 6) is -0.269. The highest BCUT2D eigenvalue weighted by Crippen LogP contribution is 2.15. The minimum Gasteiger partial charge on any atom is -0.462 e. The van der Waals surface area contributed by atoms with Gasteiger partial charge >= 0.3 is 5.97 Å². The molecular weight excluding hydrogens is 266 g/mol. The third-order valence-corrected chi connectivity index (χ3v) is 2.80. The van der Waals surface area contributed by atoms with Crippen LogP contribution in [0.1, 0.15) is 44.7 Å². The highest BCUT2D eigenvalue weighted by atomic mass is 16.5. The zero-order chi connectivity index (χ0) is 15.8. The van der Waals surface area contributed by atoms with E-state index < -0.39 is 5.97 Å². The van der Waals surface area contributed by atoms with Crippen molar-refractivity contribution in [3.63, 3.8) is 0 Å². The molecule has 1 rings (SSSR count). The fraction of sp³-hybridized carbons (Fsp3) is 0.412. The summed E-state index contributed by atoms with van der Waals surface area (Å²) in [5.41, 5.74) is 2.20. The zero-order valence-corrected chi connectivity index (χ0v) is 13.1. The summed E-state index contributed by atoms with van der Waals surface area (Å²) in [7, 11) is 0. The molecule has 1 amide bonds. The third kappa shape index (κ3) is 6.75. The number of hydrogen-bond acceptors (Lipinski definition) is 3. The predicted octanol–water partition coefficient (Wildman–Crippen LogP) is 2.89. The molecule has 4 heteroatoms. The molecule has 0 aromatic heterocycles. The Bertz CT molecular complexity index is 501. The number of benzene rings is 1. The van der Waals surface area contributed by atoms with Gasteiger partial charge in [-0.25, -0.2) is 0 Å². The van der Waals surface area contributed by atoms with Gasteiger partial charge in [0.25, 0.3) is 0 Å². The Hall–Kier alpha value is -2.10. The lowest BCUT2D eigenvalue weighted by molar-refractivity contribution is -0.147. The molecule has 0 radical (unpaired) electrons. The molecule has 0 heterocycles. The van der Waals surface area contributed by atoms with E-state index in [4.69, 9.17) is 4.74 Å². The number of ether oxygens (including phenoxy) is 1. The van der Waals surface area contributed by atoms with Crippen molar-refractivity contribution < 1.29 is 14.3 Å². The van der Waals surface area contributed by atoms with Crippen LogP contribution in [0.3, 0.4) is 0 Å². The van der Waals surface area contributed by atoms with Crippen LogP contribution in [0, 0.1) is 0 Å². The molecule has 0 bridgehead atoms. The first-order valence-electron chi connectivity index (χ1n) is 7.14. The Morgan fingerprint density at radius 1 is 1.14 bits per heavy atom. The van der Waals surface area contributed by atoms with Crippen LogP contribution in [0.4, 0.5) is 0 Å². The lowest BCUT2D eigenvalue weighted by Crippen LogP contribution is -2.30. The lowest BCUT2D eigenvalue weighted by atomic mass is 10.0. The van der Waals surface area contributed by atoms with Gasteiger partial charge in [0.05, 0.1) is 6.10 Å². The van der Waals surface area contributed by atoms with Gasteiger partial charge in [-0.3, -0.25) is 9.59 Å². The normalized spacial score (nSPS) is 11.1. The Labute approximate surface area is 126 Å². The van der Waals surface area contributed by atoms with Gasteiger partial charge in [0.15, 0.2) is 0 Å². The molecule has 1 aromatic carbocycles. The van der Waals surface area contributed by atoms with Crippen LogP contribution in [-0.4, -0.2) is 24.5 Å². The fourth-order valence-electron chi connectivity index (χ4n) is 1.69. The van der Waals surface area contributed by atoms with E-state index in [1.54, 1.807) is 19.9 Å². The van der Waals surface area contributed by atoms with Crippen LogP contribution >= 0.6 is 0 Å². The van der Waals surface area contributed by atoms with Gasteiger partial charge in [0.2, 0.25) is 5.91 Å². The number of nitrogens with one attached hydrogen (secondary N) is 1. The summed E-state index contributed by atoms with van der Waals surface area (Å²) in [4.78, 5) is 22.8. The number of rotatable bonds is 6. The Kier molecular flexibility index (Phi) is 6.66. The molecule has 0 saturated heterocycles. The van der Waals surface area contributed by atoms with E-state index in [0.29, 0.717) is 5.92 Å². The van der Waals surface area contributed by atoms with E-state index in [1.165, 1.54) is 11.6 Å². The minimum atomic E-state index is -0.437. The zero-order valence-electron chi connectivity index (χ0n) is 13.1. The third-order valence-electron chi connectivity index (χ3n) is 2.80. The Morgan fingerprint density at radius 2 is 1.76 bits per heavy atom. The van der Waals surface area contributed by atoms with Crippen molar-refractivity contribution >= 4 is 18.0 Å². The second-order valence-corrected chi connectivity index (χ2v) is 5.41. The molecule has 0 fully saturated rings. The quantitative estimate of drug-likeness (QED) is 0.647. The molecule has 0 unspecified atom stereocenters. The lowest BCUT2D eigenvalue weighted by Gasteiger charge is -2.07. The summed E-state index contributed by atoms with van der Waals surface area (Å²) in [6.45, 7) is 7.68. The monoisotopic (exact) mass is 289 g/mol. The molecule has 0 saturated carbocycles. The highest BCUT2D eigenvalue weighted by Gasteiger charge is 2.06. The smallest absolute Gasteiger partial charge is 0.325 e. The number of hydrogen-bond donors (Lipinski definition) is 1. The van der Waals surface area contributed by atoms with E-state index in [-0.39, 0.29) is 18.6 Å². The highest BCUT2D eigenvalue weighted by molar-refractivity contribution is 5.93. The van der Waals surface area contributed by atoms with Crippen LogP contribution in [0.2, 0.25) is 0 Å². The van der Waals surface area contributed by atoms with Crippen LogP contribution < -0.4 is 5.32 Å². The first-order chi connectivity index (χ1) is 9.88. The second-order valence-electron chi connectivity index (χ2n) is 5.41. The molecule has 4 nitrogen and oxygen atoms in total. The average Bonchev–Trinajstić information content (AvgIpc) is 2.42. The molecule has 114 valence electrons. The van der Waals surface area contributed by atoms with Crippen molar-refractivity contribution in [1.29, 1.82) is 0 Å². The Morgan fingerprint density at radius 3 is 2.29 bits per heavy atom. The fourth-order valence-corrected chi connectivity index (χ4v) is 1.69. The summed E-state index contributed by atoms with van der Waals surface area (Å²) in [5, 5.41) is 2.49. The largest absolute Gasteiger partial charge is 0.462 e. The van der Waals surface area contributed by atoms with Crippen LogP contribution in [0.5, 0.6) is 0 Å². The van der Waals surface area contributed by atoms with Crippen LogP contribution in [0.25, 0.3) is 6.08 Å². The molecule has 0 aliphatic heterocycles. The van der Waals surface area contributed by atoms with Crippen molar-refractivity contribution in [2.45, 2.75) is 39.7 Å². The number of esters is 1. The van der Waals surface area contributed by atoms with Gasteiger partial charge in [-0.2, -0.15) is 0 Å². The van der Waals surface area contributed by atoms with E-state index >= 15 is 0 Å². The number of amides is 1. The average molecular weight is 289 g/mol. The van der Waals surface area contributed by atoms with Gasteiger partial charge in [0, 0.05) is 6.08 Å².